The molecular weight excluding hydrogens is 131 g/mol. The molecule has 1 atom stereocenters. The SMILES string of the molecule is O=CC1CCOC1=O.[NaH]. The van der Waals surface area contributed by atoms with E-state index < -0.39 is 5.92 Å². The predicted molar refractivity (Wildman–Crippen MR) is 32.3 cm³/mol. The molecule has 46 valence electrons. The summed E-state index contributed by atoms with van der Waals surface area (Å²) in [6.07, 6.45) is 1.19. The third kappa shape index (κ3) is 2.08. The van der Waals surface area contributed by atoms with E-state index in [9.17, 15) is 9.59 Å². The molecule has 0 amide bonds. The van der Waals surface area contributed by atoms with E-state index in [-0.39, 0.29) is 35.5 Å². The van der Waals surface area contributed by atoms with Gasteiger partial charge in [0.05, 0.1) is 6.61 Å². The topological polar surface area (TPSA) is 43.4 Å². The minimum absolute atomic E-state index is 0. The molecule has 1 unspecified atom stereocenters. The quantitative estimate of drug-likeness (QED) is 0.204. The summed E-state index contributed by atoms with van der Waals surface area (Å²) < 4.78 is 4.49. The van der Waals surface area contributed by atoms with E-state index in [1.165, 1.54) is 0 Å². The van der Waals surface area contributed by atoms with Gasteiger partial charge in [-0.15, -0.1) is 0 Å². The minimum atomic E-state index is -0.477. The van der Waals surface area contributed by atoms with E-state index in [2.05, 4.69) is 4.74 Å². The van der Waals surface area contributed by atoms with Crippen LogP contribution >= 0.6 is 0 Å². The number of aldehydes is 1. The van der Waals surface area contributed by atoms with Crippen molar-refractivity contribution < 1.29 is 14.3 Å². The number of rotatable bonds is 1. The molecule has 0 saturated carbocycles. The van der Waals surface area contributed by atoms with Gasteiger partial charge >= 0.3 is 35.5 Å². The Kier molecular flexibility index (Phi) is 4.10. The Labute approximate surface area is 75.0 Å². The summed E-state index contributed by atoms with van der Waals surface area (Å²) in [6.45, 7) is 0.405. The molecule has 1 aliphatic heterocycles. The molecule has 1 rings (SSSR count). The van der Waals surface area contributed by atoms with Crippen LogP contribution in [0.15, 0.2) is 0 Å². The van der Waals surface area contributed by atoms with Crippen molar-refractivity contribution >= 4 is 41.8 Å². The Bertz CT molecular complexity index is 123. The monoisotopic (exact) mass is 138 g/mol. The van der Waals surface area contributed by atoms with Gasteiger partial charge < -0.3 is 9.53 Å². The zero-order chi connectivity index (χ0) is 5.98. The maximum atomic E-state index is 10.4. The fraction of sp³-hybridized carbons (Fsp3) is 0.600. The van der Waals surface area contributed by atoms with Gasteiger partial charge in [-0.25, -0.2) is 0 Å². The Morgan fingerprint density at radius 2 is 2.33 bits per heavy atom. The molecule has 1 aliphatic rings. The Morgan fingerprint density at radius 3 is 2.56 bits per heavy atom. The maximum absolute atomic E-state index is 10.4. The molecule has 0 radical (unpaired) electrons. The molecule has 0 aromatic heterocycles. The predicted octanol–water partition coefficient (Wildman–Crippen LogP) is -0.900. The van der Waals surface area contributed by atoms with Gasteiger partial charge in [-0.05, 0) is 0 Å². The first kappa shape index (κ1) is 9.14. The van der Waals surface area contributed by atoms with Gasteiger partial charge in [0, 0.05) is 6.42 Å². The van der Waals surface area contributed by atoms with Crippen molar-refractivity contribution in [3.63, 3.8) is 0 Å². The van der Waals surface area contributed by atoms with E-state index >= 15 is 0 Å². The van der Waals surface area contributed by atoms with Crippen LogP contribution in [0.3, 0.4) is 0 Å². The van der Waals surface area contributed by atoms with Gasteiger partial charge in [0.25, 0.3) is 0 Å². The number of carbonyl (C=O) groups excluding carboxylic acids is 2. The van der Waals surface area contributed by atoms with E-state index in [4.69, 9.17) is 0 Å². The second kappa shape index (κ2) is 4.04. The average molecular weight is 138 g/mol. The first-order valence-corrected chi connectivity index (χ1v) is 2.46. The molecule has 1 fully saturated rings. The number of esters is 1. The van der Waals surface area contributed by atoms with Crippen molar-refractivity contribution in [2.24, 2.45) is 5.92 Å². The zero-order valence-electron chi connectivity index (χ0n) is 4.29. The number of cyclic esters (lactones) is 1. The number of ether oxygens (including phenoxy) is 1. The summed E-state index contributed by atoms with van der Waals surface area (Å²) in [6, 6.07) is 0. The Hall–Kier alpha value is 0.140. The number of carbonyl (C=O) groups is 2. The number of hydrogen-bond donors (Lipinski definition) is 0. The molecule has 1 saturated heterocycles. The fourth-order valence-electron chi connectivity index (χ4n) is 0.635. The standard InChI is InChI=1S/C5H6O3.Na.H/c6-3-4-1-2-8-5(4)7;;/h3-4H,1-2H2;;. The Morgan fingerprint density at radius 1 is 1.67 bits per heavy atom. The average Bonchev–Trinajstić information content (AvgIpc) is 2.14. The van der Waals surface area contributed by atoms with E-state index in [0.29, 0.717) is 19.3 Å². The summed E-state index contributed by atoms with van der Waals surface area (Å²) in [7, 11) is 0. The normalized spacial score (nSPS) is 24.4. The van der Waals surface area contributed by atoms with Gasteiger partial charge in [-0.3, -0.25) is 4.79 Å². The van der Waals surface area contributed by atoms with E-state index in [1.807, 2.05) is 0 Å². The summed E-state index contributed by atoms with van der Waals surface area (Å²) in [4.78, 5) is 20.3. The molecule has 0 aromatic rings. The zero-order valence-corrected chi connectivity index (χ0v) is 4.29. The van der Waals surface area contributed by atoms with Crippen molar-refractivity contribution in [2.75, 3.05) is 6.61 Å². The Balaban J connectivity index is 0.000000640. The summed E-state index contributed by atoms with van der Waals surface area (Å²) in [5.41, 5.74) is 0. The van der Waals surface area contributed by atoms with Gasteiger partial charge in [-0.1, -0.05) is 0 Å². The summed E-state index contributed by atoms with van der Waals surface area (Å²) >= 11 is 0. The third-order valence-corrected chi connectivity index (χ3v) is 1.14. The van der Waals surface area contributed by atoms with Crippen LogP contribution in [0, 0.1) is 5.92 Å². The van der Waals surface area contributed by atoms with Crippen LogP contribution in [0.5, 0.6) is 0 Å². The van der Waals surface area contributed by atoms with Crippen LogP contribution in [0.1, 0.15) is 6.42 Å². The first-order valence-electron chi connectivity index (χ1n) is 2.46. The van der Waals surface area contributed by atoms with Gasteiger partial charge in [0.1, 0.15) is 12.2 Å². The van der Waals surface area contributed by atoms with Crippen LogP contribution in [-0.2, 0) is 14.3 Å². The molecule has 0 bridgehead atoms. The van der Waals surface area contributed by atoms with Crippen LogP contribution in [-0.4, -0.2) is 48.4 Å². The van der Waals surface area contributed by atoms with Crippen LogP contribution in [0.2, 0.25) is 0 Å². The van der Waals surface area contributed by atoms with Crippen LogP contribution < -0.4 is 0 Å². The van der Waals surface area contributed by atoms with Gasteiger partial charge in [0.2, 0.25) is 0 Å². The van der Waals surface area contributed by atoms with Crippen molar-refractivity contribution in [1.29, 1.82) is 0 Å². The molecule has 1 heterocycles. The third-order valence-electron chi connectivity index (χ3n) is 1.14. The molecule has 9 heavy (non-hydrogen) atoms. The van der Waals surface area contributed by atoms with Gasteiger partial charge in [0.15, 0.2) is 0 Å². The van der Waals surface area contributed by atoms with E-state index in [1.54, 1.807) is 0 Å². The first-order chi connectivity index (χ1) is 3.84. The van der Waals surface area contributed by atoms with Gasteiger partial charge in [-0.2, -0.15) is 0 Å². The molecule has 4 heteroatoms. The summed E-state index contributed by atoms with van der Waals surface area (Å²) in [5, 5.41) is 0. The second-order valence-corrected chi connectivity index (χ2v) is 1.70. The molecule has 0 aromatic carbocycles. The second-order valence-electron chi connectivity index (χ2n) is 1.70. The van der Waals surface area contributed by atoms with E-state index in [0.717, 1.165) is 0 Å². The molecule has 0 spiro atoms. The van der Waals surface area contributed by atoms with Crippen molar-refractivity contribution in [2.45, 2.75) is 6.42 Å². The molecule has 3 nitrogen and oxygen atoms in total. The molecule has 0 N–H and O–H groups in total. The number of hydrogen-bond acceptors (Lipinski definition) is 3. The van der Waals surface area contributed by atoms with Crippen molar-refractivity contribution in [3.05, 3.63) is 0 Å². The van der Waals surface area contributed by atoms with Crippen LogP contribution in [0.4, 0.5) is 0 Å². The fourth-order valence-corrected chi connectivity index (χ4v) is 0.635. The molecule has 0 aliphatic carbocycles. The van der Waals surface area contributed by atoms with Crippen LogP contribution in [0.25, 0.3) is 0 Å². The summed E-state index contributed by atoms with van der Waals surface area (Å²) in [5.74, 6) is -0.852. The van der Waals surface area contributed by atoms with Crippen molar-refractivity contribution in [1.82, 2.24) is 0 Å². The van der Waals surface area contributed by atoms with Crippen molar-refractivity contribution in [3.8, 4) is 0 Å². The molecular formula is C5H7NaO3.